The number of H-pyrrole nitrogens is 1. The quantitative estimate of drug-likeness (QED) is 0.0639. The fourth-order valence-corrected chi connectivity index (χ4v) is 10.3. The van der Waals surface area contributed by atoms with Gasteiger partial charge in [0.25, 0.3) is 11.5 Å². The van der Waals surface area contributed by atoms with E-state index in [2.05, 4.69) is 35.3 Å². The summed E-state index contributed by atoms with van der Waals surface area (Å²) in [6, 6.07) is 9.21. The Morgan fingerprint density at radius 1 is 0.950 bits per heavy atom. The summed E-state index contributed by atoms with van der Waals surface area (Å²) in [5.74, 6) is 3.12. The minimum absolute atomic E-state index is 0.0146. The minimum Gasteiger partial charge on any atom is -0.508 e. The van der Waals surface area contributed by atoms with Crippen LogP contribution in [-0.2, 0) is 41.9 Å². The third-order valence-corrected chi connectivity index (χ3v) is 13.4. The smallest absolute Gasteiger partial charge is 0.490 e. The first kappa shape index (κ1) is 43.3. The van der Waals surface area contributed by atoms with Crippen molar-refractivity contribution in [1.82, 2.24) is 14.9 Å². The molecule has 1 amide bonds. The third kappa shape index (κ3) is 8.55. The van der Waals surface area contributed by atoms with E-state index in [1.165, 1.54) is 36.4 Å². The van der Waals surface area contributed by atoms with E-state index in [-0.39, 0.29) is 79.3 Å². The van der Waals surface area contributed by atoms with Crippen molar-refractivity contribution in [2.75, 3.05) is 13.2 Å². The molecule has 2 unspecified atom stereocenters. The zero-order valence-corrected chi connectivity index (χ0v) is 33.8. The van der Waals surface area contributed by atoms with Gasteiger partial charge in [0.1, 0.15) is 34.8 Å². The highest BCUT2D eigenvalue weighted by Crippen LogP contribution is 2.66. The number of ether oxygens (including phenoxy) is 3. The van der Waals surface area contributed by atoms with Crippen LogP contribution in [0.1, 0.15) is 62.0 Å². The molecule has 1 aromatic heterocycles. The maximum Gasteiger partial charge on any atom is 0.490 e. The van der Waals surface area contributed by atoms with E-state index in [9.17, 15) is 52.9 Å². The molecule has 60 heavy (non-hydrogen) atoms. The molecular weight excluding hydrogens is 906 g/mol. The van der Waals surface area contributed by atoms with Gasteiger partial charge in [-0.2, -0.15) is 8.62 Å². The fourth-order valence-electron chi connectivity index (χ4n) is 6.62. The second-order valence-corrected chi connectivity index (χ2v) is 18.1. The summed E-state index contributed by atoms with van der Waals surface area (Å²) in [7, 11) is -16.8. The highest BCUT2D eigenvalue weighted by molar-refractivity contribution is 7.66. The summed E-state index contributed by atoms with van der Waals surface area (Å²) in [6.07, 6.45) is -0.893. The number of rotatable bonds is 10. The second-order valence-electron chi connectivity index (χ2n) is 12.9. The fraction of sp³-hybridized carbons (Fsp3) is 0.212. The van der Waals surface area contributed by atoms with Gasteiger partial charge in [-0.25, -0.2) is 23.3 Å². The number of hydrogen-bond donors (Lipinski definition) is 8. The van der Waals surface area contributed by atoms with Crippen LogP contribution in [0.25, 0.3) is 0 Å². The van der Waals surface area contributed by atoms with Crippen LogP contribution in [0.2, 0.25) is 10.0 Å². The molecule has 0 aliphatic carbocycles. The third-order valence-electron chi connectivity index (χ3n) is 8.93. The molecule has 1 spiro atoms. The van der Waals surface area contributed by atoms with E-state index in [0.717, 1.165) is 16.8 Å². The number of nitrogens with one attached hydrogen (secondary N) is 2. The number of phenols is 2. The SMILES string of the molecule is O=C(NCC#Cc1cn([C@H]2CC[C@@H](COP(=O)(O)OP(=O)(O)OP(=O)(O)O)O2)c(=O)[nH]c1=O)c1cc(Cl)c2c(c1Cl)C1(OC2=O)c2ccc(O)cc2Oc2cc(O)ccc21. The van der Waals surface area contributed by atoms with Crippen molar-refractivity contribution in [2.24, 2.45) is 0 Å². The average Bonchev–Trinajstić information content (AvgIpc) is 3.73. The molecule has 22 nitrogen and oxygen atoms in total. The summed E-state index contributed by atoms with van der Waals surface area (Å²) in [6.45, 7) is -1.16. The van der Waals surface area contributed by atoms with Crippen LogP contribution in [-0.4, -0.2) is 70.5 Å². The van der Waals surface area contributed by atoms with Gasteiger partial charge < -0.3 is 49.3 Å². The van der Waals surface area contributed by atoms with Gasteiger partial charge in [0.05, 0.1) is 40.4 Å². The molecule has 7 rings (SSSR count). The molecule has 0 radical (unpaired) electrons. The maximum atomic E-state index is 13.6. The molecule has 0 saturated carbocycles. The number of fused-ring (bicyclic) bond motifs is 6. The second kappa shape index (κ2) is 15.9. The lowest BCUT2D eigenvalue weighted by atomic mass is 9.77. The number of phosphoric ester groups is 1. The number of aromatic nitrogens is 2. The van der Waals surface area contributed by atoms with Gasteiger partial charge in [-0.15, -0.1) is 0 Å². The van der Waals surface area contributed by atoms with Gasteiger partial charge in [0.2, 0.25) is 0 Å². The average molecular weight is 932 g/mol. The Morgan fingerprint density at radius 2 is 1.60 bits per heavy atom. The van der Waals surface area contributed by atoms with Gasteiger partial charge in [0, 0.05) is 35.0 Å². The predicted octanol–water partition coefficient (Wildman–Crippen LogP) is 3.63. The van der Waals surface area contributed by atoms with E-state index in [1.54, 1.807) is 0 Å². The Bertz CT molecular complexity index is 2780. The summed E-state index contributed by atoms with van der Waals surface area (Å²) in [4.78, 5) is 90.7. The number of carbonyl (C=O) groups excluding carboxylic acids is 2. The van der Waals surface area contributed by atoms with Crippen molar-refractivity contribution < 1.29 is 80.4 Å². The van der Waals surface area contributed by atoms with Crippen molar-refractivity contribution in [3.8, 4) is 34.8 Å². The molecule has 27 heteroatoms. The number of hydrogen-bond acceptors (Lipinski definition) is 15. The number of nitrogens with zero attached hydrogens (tertiary/aromatic N) is 1. The van der Waals surface area contributed by atoms with Crippen molar-refractivity contribution >= 4 is 58.5 Å². The van der Waals surface area contributed by atoms with E-state index in [1.807, 2.05) is 0 Å². The molecule has 4 aromatic rings. The van der Waals surface area contributed by atoms with Crippen molar-refractivity contribution in [2.45, 2.75) is 30.8 Å². The Hall–Kier alpha value is -4.81. The predicted molar refractivity (Wildman–Crippen MR) is 202 cm³/mol. The van der Waals surface area contributed by atoms with Gasteiger partial charge in [-0.3, -0.25) is 23.7 Å². The number of halogens is 2. The Balaban J connectivity index is 1.07. The molecule has 3 aliphatic rings. The van der Waals surface area contributed by atoms with Crippen LogP contribution in [0.5, 0.6) is 23.0 Å². The first-order valence-corrected chi connectivity index (χ1v) is 22.0. The molecule has 4 atom stereocenters. The lowest BCUT2D eigenvalue weighted by Crippen LogP contribution is -2.34. The van der Waals surface area contributed by atoms with Gasteiger partial charge in [0.15, 0.2) is 5.60 Å². The van der Waals surface area contributed by atoms with Crippen LogP contribution >= 0.6 is 46.7 Å². The van der Waals surface area contributed by atoms with Gasteiger partial charge in [-0.1, -0.05) is 35.0 Å². The molecule has 316 valence electrons. The Morgan fingerprint density at radius 3 is 2.23 bits per heavy atom. The largest absolute Gasteiger partial charge is 0.508 e. The number of benzene rings is 3. The molecule has 4 heterocycles. The van der Waals surface area contributed by atoms with E-state index >= 15 is 0 Å². The Labute approximate surface area is 344 Å². The molecule has 3 aromatic carbocycles. The van der Waals surface area contributed by atoms with Gasteiger partial charge >= 0.3 is 35.1 Å². The number of aromatic amines is 1. The van der Waals surface area contributed by atoms with E-state index in [0.29, 0.717) is 0 Å². The molecule has 8 N–H and O–H groups in total. The first-order valence-electron chi connectivity index (χ1n) is 16.7. The van der Waals surface area contributed by atoms with Crippen LogP contribution < -0.4 is 21.3 Å². The number of phenolic OH excluding ortho intramolecular Hbond substituents is 2. The molecule has 1 saturated heterocycles. The summed E-state index contributed by atoms with van der Waals surface area (Å²) in [5, 5.41) is 22.5. The van der Waals surface area contributed by atoms with Crippen LogP contribution in [0.15, 0.2) is 58.3 Å². The molecule has 1 fully saturated rings. The first-order chi connectivity index (χ1) is 28.1. The highest BCUT2D eigenvalue weighted by atomic mass is 35.5. The van der Waals surface area contributed by atoms with Crippen LogP contribution in [0.3, 0.4) is 0 Å². The monoisotopic (exact) mass is 931 g/mol. The summed E-state index contributed by atoms with van der Waals surface area (Å²) in [5.41, 5.74) is -3.86. The van der Waals surface area contributed by atoms with Crippen molar-refractivity contribution in [3.63, 3.8) is 0 Å². The Kier molecular flexibility index (Phi) is 11.5. The maximum absolute atomic E-state index is 13.6. The van der Waals surface area contributed by atoms with Crippen molar-refractivity contribution in [3.05, 3.63) is 113 Å². The number of aromatic hydroxyl groups is 2. The zero-order valence-electron chi connectivity index (χ0n) is 29.6. The van der Waals surface area contributed by atoms with Crippen molar-refractivity contribution in [1.29, 1.82) is 0 Å². The molecule has 0 bridgehead atoms. The van der Waals surface area contributed by atoms with Crippen LogP contribution in [0.4, 0.5) is 0 Å². The van der Waals surface area contributed by atoms with E-state index in [4.69, 9.17) is 47.2 Å². The topological polar surface area (TPSA) is 329 Å². The lowest BCUT2D eigenvalue weighted by Gasteiger charge is -2.37. The van der Waals surface area contributed by atoms with Gasteiger partial charge in [-0.05, 0) is 43.2 Å². The van der Waals surface area contributed by atoms with Crippen LogP contribution in [0, 0.1) is 11.8 Å². The highest BCUT2D eigenvalue weighted by Gasteiger charge is 2.56. The lowest BCUT2D eigenvalue weighted by molar-refractivity contribution is -0.0243. The number of phosphoric acid groups is 3. The number of esters is 1. The number of carbonyl (C=O) groups is 2. The summed E-state index contributed by atoms with van der Waals surface area (Å²) >= 11 is 13.5. The zero-order chi connectivity index (χ0) is 43.5. The minimum atomic E-state index is -5.75. The molecule has 3 aliphatic heterocycles. The van der Waals surface area contributed by atoms with E-state index < -0.39 is 77.7 Å². The number of amides is 1. The normalized spacial score (nSPS) is 19.4. The summed E-state index contributed by atoms with van der Waals surface area (Å²) < 4.78 is 64.9. The molecular formula is C33H26Cl2N3O19P3. The standard InChI is InChI=1S/C33H26Cl2N3O19P3/c34-22-12-19(28(35)27-26(22)31(43)55-33(27)20-6-3-16(39)10-23(20)54-24-11-17(40)4-7-21(24)33)30(42)36-9-1-2-15-13-38(32(44)37-29(15)41)25-8-5-18(53-25)14-52-59(48,49)57-60(50,51)56-58(45,46)47/h3-4,6-7,10-13,18,25,39-40H,5,8-9,14H2,(H,36,42)(H,48,49)(H,50,51)(H,37,41,44)(H2,45,46,47)/t18-,25+/m0/s1.